The summed E-state index contributed by atoms with van der Waals surface area (Å²) in [7, 11) is 0. The molecule has 1 aliphatic heterocycles. The molecule has 0 aliphatic carbocycles. The predicted octanol–water partition coefficient (Wildman–Crippen LogP) is 2.31. The van der Waals surface area contributed by atoms with Crippen molar-refractivity contribution < 1.29 is 0 Å². The molecule has 1 fully saturated rings. The largest absolute Gasteiger partial charge is 0.299 e. The predicted molar refractivity (Wildman–Crippen MR) is 57.9 cm³/mol. The number of pyridine rings is 1. The van der Waals surface area contributed by atoms with E-state index in [1.807, 2.05) is 12.4 Å². The van der Waals surface area contributed by atoms with Crippen LogP contribution in [0.15, 0.2) is 24.5 Å². The van der Waals surface area contributed by atoms with E-state index in [-0.39, 0.29) is 0 Å². The van der Waals surface area contributed by atoms with Gasteiger partial charge < -0.3 is 0 Å². The lowest BCUT2D eigenvalue weighted by molar-refractivity contribution is 0.315. The van der Waals surface area contributed by atoms with Crippen molar-refractivity contribution in [2.75, 3.05) is 13.1 Å². The fraction of sp³-hybridized carbons (Fsp3) is 0.583. The first kappa shape index (κ1) is 9.66. The molecule has 1 unspecified atom stereocenters. The molecule has 1 aliphatic rings. The van der Waals surface area contributed by atoms with Crippen molar-refractivity contribution in [3.63, 3.8) is 0 Å². The van der Waals surface area contributed by atoms with Crippen molar-refractivity contribution >= 4 is 0 Å². The molecule has 0 N–H and O–H groups in total. The first-order valence-electron chi connectivity index (χ1n) is 5.49. The highest BCUT2D eigenvalue weighted by atomic mass is 15.1. The van der Waals surface area contributed by atoms with Crippen LogP contribution in [-0.2, 0) is 6.54 Å². The van der Waals surface area contributed by atoms with Gasteiger partial charge in [-0.15, -0.1) is 0 Å². The lowest BCUT2D eigenvalue weighted by Gasteiger charge is -2.15. The third-order valence-corrected chi connectivity index (χ3v) is 3.10. The number of nitrogens with zero attached hydrogens (tertiary/aromatic N) is 2. The second kappa shape index (κ2) is 4.56. The van der Waals surface area contributed by atoms with E-state index in [2.05, 4.69) is 28.9 Å². The van der Waals surface area contributed by atoms with E-state index in [1.54, 1.807) is 0 Å². The van der Waals surface area contributed by atoms with Gasteiger partial charge in [-0.3, -0.25) is 9.88 Å². The van der Waals surface area contributed by atoms with E-state index in [0.29, 0.717) is 0 Å². The van der Waals surface area contributed by atoms with Gasteiger partial charge in [0.15, 0.2) is 0 Å². The second-order valence-electron chi connectivity index (χ2n) is 4.15. The Hall–Kier alpha value is -0.890. The van der Waals surface area contributed by atoms with Crippen molar-refractivity contribution in [1.82, 2.24) is 9.88 Å². The van der Waals surface area contributed by atoms with Crippen LogP contribution in [0.25, 0.3) is 0 Å². The first-order chi connectivity index (χ1) is 6.88. The minimum absolute atomic E-state index is 0.928. The average molecular weight is 190 g/mol. The van der Waals surface area contributed by atoms with Crippen LogP contribution in [0.2, 0.25) is 0 Å². The molecule has 2 heterocycles. The van der Waals surface area contributed by atoms with Crippen LogP contribution in [0.4, 0.5) is 0 Å². The van der Waals surface area contributed by atoms with Crippen molar-refractivity contribution in [2.24, 2.45) is 5.92 Å². The molecule has 0 bridgehead atoms. The number of aromatic nitrogens is 1. The molecule has 0 amide bonds. The fourth-order valence-electron chi connectivity index (χ4n) is 2.14. The van der Waals surface area contributed by atoms with Crippen LogP contribution < -0.4 is 0 Å². The third kappa shape index (κ3) is 2.32. The smallest absolute Gasteiger partial charge is 0.0271 e. The molecule has 0 spiro atoms. The van der Waals surface area contributed by atoms with Crippen molar-refractivity contribution in [3.05, 3.63) is 30.1 Å². The average Bonchev–Trinajstić information content (AvgIpc) is 2.67. The molecular formula is C12H18N2. The molecule has 0 saturated carbocycles. The molecule has 2 rings (SSSR count). The molecule has 76 valence electrons. The standard InChI is InChI=1S/C12H18N2/c1-2-11-5-8-14(9-11)10-12-3-6-13-7-4-12/h3-4,6-7,11H,2,5,8-10H2,1H3. The Labute approximate surface area is 86.0 Å². The van der Waals surface area contributed by atoms with Crippen LogP contribution in [0, 0.1) is 5.92 Å². The lowest BCUT2D eigenvalue weighted by atomic mass is 10.1. The van der Waals surface area contributed by atoms with Crippen LogP contribution in [0.5, 0.6) is 0 Å². The highest BCUT2D eigenvalue weighted by Crippen LogP contribution is 2.20. The molecule has 14 heavy (non-hydrogen) atoms. The minimum Gasteiger partial charge on any atom is -0.299 e. The van der Waals surface area contributed by atoms with Gasteiger partial charge in [0.2, 0.25) is 0 Å². The van der Waals surface area contributed by atoms with E-state index >= 15 is 0 Å². The van der Waals surface area contributed by atoms with Gasteiger partial charge in [-0.2, -0.15) is 0 Å². The highest BCUT2D eigenvalue weighted by Gasteiger charge is 2.20. The van der Waals surface area contributed by atoms with Gasteiger partial charge in [0.1, 0.15) is 0 Å². The summed E-state index contributed by atoms with van der Waals surface area (Å²) in [4.78, 5) is 6.58. The maximum Gasteiger partial charge on any atom is 0.0271 e. The molecule has 1 saturated heterocycles. The fourth-order valence-corrected chi connectivity index (χ4v) is 2.14. The van der Waals surface area contributed by atoms with Gasteiger partial charge in [0.25, 0.3) is 0 Å². The number of rotatable bonds is 3. The zero-order valence-corrected chi connectivity index (χ0v) is 8.82. The quantitative estimate of drug-likeness (QED) is 0.727. The molecule has 0 aromatic carbocycles. The monoisotopic (exact) mass is 190 g/mol. The van der Waals surface area contributed by atoms with Crippen LogP contribution in [0.1, 0.15) is 25.3 Å². The van der Waals surface area contributed by atoms with Gasteiger partial charge in [-0.1, -0.05) is 13.3 Å². The Morgan fingerprint density at radius 2 is 2.21 bits per heavy atom. The highest BCUT2D eigenvalue weighted by molar-refractivity contribution is 5.09. The topological polar surface area (TPSA) is 16.1 Å². The molecule has 2 heteroatoms. The summed E-state index contributed by atoms with van der Waals surface area (Å²) in [6.07, 6.45) is 6.46. The van der Waals surface area contributed by atoms with Crippen LogP contribution in [0.3, 0.4) is 0 Å². The molecule has 1 aromatic heterocycles. The molecule has 2 nitrogen and oxygen atoms in total. The summed E-state index contributed by atoms with van der Waals surface area (Å²) in [6, 6.07) is 4.22. The summed E-state index contributed by atoms with van der Waals surface area (Å²) >= 11 is 0. The van der Waals surface area contributed by atoms with Crippen LogP contribution >= 0.6 is 0 Å². The van der Waals surface area contributed by atoms with E-state index in [0.717, 1.165) is 12.5 Å². The normalized spacial score (nSPS) is 22.8. The van der Waals surface area contributed by atoms with Crippen molar-refractivity contribution in [3.8, 4) is 0 Å². The molecule has 0 radical (unpaired) electrons. The van der Waals surface area contributed by atoms with Gasteiger partial charge in [-0.05, 0) is 36.6 Å². The van der Waals surface area contributed by atoms with E-state index in [9.17, 15) is 0 Å². The van der Waals surface area contributed by atoms with Crippen molar-refractivity contribution in [2.45, 2.75) is 26.3 Å². The zero-order valence-electron chi connectivity index (χ0n) is 8.82. The minimum atomic E-state index is 0.928. The molecule has 1 atom stereocenters. The maximum absolute atomic E-state index is 4.03. The Kier molecular flexibility index (Phi) is 3.14. The maximum atomic E-state index is 4.03. The van der Waals surface area contributed by atoms with E-state index in [4.69, 9.17) is 0 Å². The number of hydrogen-bond donors (Lipinski definition) is 0. The summed E-state index contributed by atoms with van der Waals surface area (Å²) in [5.74, 6) is 0.928. The van der Waals surface area contributed by atoms with Gasteiger partial charge in [0, 0.05) is 25.5 Å². The lowest BCUT2D eigenvalue weighted by Crippen LogP contribution is -2.19. The Morgan fingerprint density at radius 3 is 2.86 bits per heavy atom. The van der Waals surface area contributed by atoms with Gasteiger partial charge in [0.05, 0.1) is 0 Å². The molecule has 1 aromatic rings. The first-order valence-corrected chi connectivity index (χ1v) is 5.49. The Balaban J connectivity index is 1.88. The number of likely N-dealkylation sites (tertiary alicyclic amines) is 1. The Bertz CT molecular complexity index is 271. The van der Waals surface area contributed by atoms with Crippen molar-refractivity contribution in [1.29, 1.82) is 0 Å². The van der Waals surface area contributed by atoms with Crippen LogP contribution in [-0.4, -0.2) is 23.0 Å². The summed E-state index contributed by atoms with van der Waals surface area (Å²) in [6.45, 7) is 5.93. The summed E-state index contributed by atoms with van der Waals surface area (Å²) in [5.41, 5.74) is 1.39. The second-order valence-corrected chi connectivity index (χ2v) is 4.15. The van der Waals surface area contributed by atoms with E-state index < -0.39 is 0 Å². The SMILES string of the molecule is CCC1CCN(Cc2ccncc2)C1. The third-order valence-electron chi connectivity index (χ3n) is 3.10. The Morgan fingerprint density at radius 1 is 1.43 bits per heavy atom. The van der Waals surface area contributed by atoms with Gasteiger partial charge >= 0.3 is 0 Å². The summed E-state index contributed by atoms with van der Waals surface area (Å²) in [5, 5.41) is 0. The molecular weight excluding hydrogens is 172 g/mol. The zero-order chi connectivity index (χ0) is 9.80. The number of hydrogen-bond acceptors (Lipinski definition) is 2. The van der Waals surface area contributed by atoms with Gasteiger partial charge in [-0.25, -0.2) is 0 Å². The summed E-state index contributed by atoms with van der Waals surface area (Å²) < 4.78 is 0. The van der Waals surface area contributed by atoms with E-state index in [1.165, 1.54) is 31.5 Å².